The minimum absolute atomic E-state index is 0.196. The summed E-state index contributed by atoms with van der Waals surface area (Å²) in [6.45, 7) is 2.37. The van der Waals surface area contributed by atoms with Gasteiger partial charge in [-0.2, -0.15) is 0 Å². The molecule has 0 bridgehead atoms. The Balaban J connectivity index is 1.34. The number of hydrogen-bond donors (Lipinski definition) is 2. The van der Waals surface area contributed by atoms with Crippen LogP contribution >= 0.6 is 11.8 Å². The van der Waals surface area contributed by atoms with E-state index in [1.165, 1.54) is 23.3 Å². The second kappa shape index (κ2) is 11.3. The van der Waals surface area contributed by atoms with Gasteiger partial charge in [-0.3, -0.25) is 4.99 Å². The highest BCUT2D eigenvalue weighted by atomic mass is 32.2. The number of guanidine groups is 1. The topological polar surface area (TPSA) is 54.2 Å². The molecule has 0 amide bonds. The Morgan fingerprint density at radius 2 is 1.83 bits per heavy atom. The Morgan fingerprint density at radius 1 is 1.07 bits per heavy atom. The standard InChI is InChI=1S/C22H26FN5S/c1-24-22(26-11-2-14-29-21-9-7-20(23)8-10-21)27-15-18-3-5-19(6-4-18)16-28-13-12-25-17-28/h3-10,12-13,17H,2,11,14-16H2,1H3,(H2,24,26,27). The van der Waals surface area contributed by atoms with Crippen LogP contribution in [-0.4, -0.2) is 34.9 Å². The summed E-state index contributed by atoms with van der Waals surface area (Å²) >= 11 is 1.73. The summed E-state index contributed by atoms with van der Waals surface area (Å²) in [5, 5.41) is 6.67. The molecule has 0 spiro atoms. The molecule has 3 aromatic rings. The molecule has 0 aliphatic heterocycles. The zero-order valence-electron chi connectivity index (χ0n) is 16.5. The average Bonchev–Trinajstić information content (AvgIpc) is 3.25. The predicted octanol–water partition coefficient (Wildman–Crippen LogP) is 3.92. The minimum atomic E-state index is -0.196. The lowest BCUT2D eigenvalue weighted by molar-refractivity contribution is 0.626. The van der Waals surface area contributed by atoms with E-state index in [9.17, 15) is 4.39 Å². The summed E-state index contributed by atoms with van der Waals surface area (Å²) in [6.07, 6.45) is 6.57. The third kappa shape index (κ3) is 7.27. The Kier molecular flexibility index (Phi) is 8.12. The minimum Gasteiger partial charge on any atom is -0.356 e. The normalized spacial score (nSPS) is 11.4. The number of aliphatic imine (C=N–C) groups is 1. The Bertz CT molecular complexity index is 877. The lowest BCUT2D eigenvalue weighted by atomic mass is 10.1. The largest absolute Gasteiger partial charge is 0.356 e. The number of benzene rings is 2. The molecular weight excluding hydrogens is 385 g/mol. The van der Waals surface area contributed by atoms with Gasteiger partial charge in [0.1, 0.15) is 5.82 Å². The van der Waals surface area contributed by atoms with E-state index < -0.39 is 0 Å². The smallest absolute Gasteiger partial charge is 0.191 e. The zero-order valence-corrected chi connectivity index (χ0v) is 17.3. The second-order valence-corrected chi connectivity index (χ2v) is 7.73. The van der Waals surface area contributed by atoms with E-state index >= 15 is 0 Å². The summed E-state index contributed by atoms with van der Waals surface area (Å²) in [5.41, 5.74) is 2.45. The molecule has 2 N–H and O–H groups in total. The Morgan fingerprint density at radius 3 is 2.52 bits per heavy atom. The van der Waals surface area contributed by atoms with Crippen LogP contribution in [0.3, 0.4) is 0 Å². The van der Waals surface area contributed by atoms with Gasteiger partial charge in [-0.25, -0.2) is 9.37 Å². The van der Waals surface area contributed by atoms with Gasteiger partial charge >= 0.3 is 0 Å². The molecule has 0 saturated heterocycles. The number of imidazole rings is 1. The van der Waals surface area contributed by atoms with Gasteiger partial charge in [-0.05, 0) is 47.6 Å². The second-order valence-electron chi connectivity index (χ2n) is 6.56. The number of hydrogen-bond acceptors (Lipinski definition) is 3. The maximum absolute atomic E-state index is 12.9. The van der Waals surface area contributed by atoms with Gasteiger partial charge in [-0.15, -0.1) is 11.8 Å². The SMILES string of the molecule is CN=C(NCCCSc1ccc(F)cc1)NCc1ccc(Cn2ccnc2)cc1. The molecule has 5 nitrogen and oxygen atoms in total. The first-order valence-corrected chi connectivity index (χ1v) is 10.6. The summed E-state index contributed by atoms with van der Waals surface area (Å²) in [7, 11) is 1.77. The Labute approximate surface area is 175 Å². The average molecular weight is 412 g/mol. The fraction of sp³-hybridized carbons (Fsp3) is 0.273. The highest BCUT2D eigenvalue weighted by Gasteiger charge is 2.00. The fourth-order valence-corrected chi connectivity index (χ4v) is 3.61. The lowest BCUT2D eigenvalue weighted by Crippen LogP contribution is -2.37. The third-order valence-corrected chi connectivity index (χ3v) is 5.43. The first kappa shape index (κ1) is 20.9. The van der Waals surface area contributed by atoms with Crippen LogP contribution in [0.25, 0.3) is 0 Å². The van der Waals surface area contributed by atoms with Crippen LogP contribution in [0, 0.1) is 5.82 Å². The highest BCUT2D eigenvalue weighted by Crippen LogP contribution is 2.18. The van der Waals surface area contributed by atoms with Crippen molar-refractivity contribution in [3.63, 3.8) is 0 Å². The zero-order chi connectivity index (χ0) is 20.3. The number of halogens is 1. The number of nitrogens with zero attached hydrogens (tertiary/aromatic N) is 3. The maximum Gasteiger partial charge on any atom is 0.191 e. The van der Waals surface area contributed by atoms with Gasteiger partial charge < -0.3 is 15.2 Å². The molecule has 1 heterocycles. The van der Waals surface area contributed by atoms with Gasteiger partial charge in [0.05, 0.1) is 6.33 Å². The van der Waals surface area contributed by atoms with Crippen LogP contribution in [0.5, 0.6) is 0 Å². The molecule has 0 aliphatic carbocycles. The molecule has 2 aromatic carbocycles. The number of rotatable bonds is 9. The van der Waals surface area contributed by atoms with Crippen molar-refractivity contribution >= 4 is 17.7 Å². The van der Waals surface area contributed by atoms with Crippen molar-refractivity contribution in [2.75, 3.05) is 19.3 Å². The molecule has 0 atom stereocenters. The van der Waals surface area contributed by atoms with Gasteiger partial charge in [0.2, 0.25) is 0 Å². The van der Waals surface area contributed by atoms with Gasteiger partial charge in [0, 0.05) is 44.0 Å². The van der Waals surface area contributed by atoms with Crippen LogP contribution in [0.4, 0.5) is 4.39 Å². The molecule has 1 aromatic heterocycles. The van der Waals surface area contributed by atoms with E-state index in [1.54, 1.807) is 25.0 Å². The van der Waals surface area contributed by atoms with Gasteiger partial charge in [0.15, 0.2) is 5.96 Å². The van der Waals surface area contributed by atoms with Gasteiger partial charge in [0.25, 0.3) is 0 Å². The molecule has 0 aliphatic rings. The lowest BCUT2D eigenvalue weighted by Gasteiger charge is -2.12. The van der Waals surface area contributed by atoms with Crippen LogP contribution in [0.1, 0.15) is 17.5 Å². The van der Waals surface area contributed by atoms with Crippen molar-refractivity contribution in [3.05, 3.63) is 84.2 Å². The molecule has 0 unspecified atom stereocenters. The van der Waals surface area contributed by atoms with E-state index in [-0.39, 0.29) is 5.82 Å². The van der Waals surface area contributed by atoms with Crippen molar-refractivity contribution < 1.29 is 4.39 Å². The molecule has 7 heteroatoms. The molecule has 152 valence electrons. The number of thioether (sulfide) groups is 1. The first-order chi connectivity index (χ1) is 14.2. The Hall–Kier alpha value is -2.80. The van der Waals surface area contributed by atoms with Crippen LogP contribution in [-0.2, 0) is 13.1 Å². The monoisotopic (exact) mass is 411 g/mol. The molecule has 0 saturated carbocycles. The number of aromatic nitrogens is 2. The van der Waals surface area contributed by atoms with Gasteiger partial charge in [-0.1, -0.05) is 24.3 Å². The van der Waals surface area contributed by atoms with E-state index in [2.05, 4.69) is 44.9 Å². The van der Waals surface area contributed by atoms with Crippen LogP contribution in [0.2, 0.25) is 0 Å². The highest BCUT2D eigenvalue weighted by molar-refractivity contribution is 7.99. The molecule has 0 radical (unpaired) electrons. The quantitative estimate of drug-likeness (QED) is 0.243. The van der Waals surface area contributed by atoms with Crippen molar-refractivity contribution in [3.8, 4) is 0 Å². The summed E-state index contributed by atoms with van der Waals surface area (Å²) in [4.78, 5) is 9.43. The van der Waals surface area contributed by atoms with Crippen molar-refractivity contribution in [2.45, 2.75) is 24.4 Å². The predicted molar refractivity (Wildman–Crippen MR) is 118 cm³/mol. The van der Waals surface area contributed by atoms with Crippen LogP contribution in [0.15, 0.2) is 77.1 Å². The molecule has 29 heavy (non-hydrogen) atoms. The summed E-state index contributed by atoms with van der Waals surface area (Å²) in [5.74, 6) is 1.56. The summed E-state index contributed by atoms with van der Waals surface area (Å²) < 4.78 is 15.0. The molecular formula is C22H26FN5S. The third-order valence-electron chi connectivity index (χ3n) is 4.33. The fourth-order valence-electron chi connectivity index (χ4n) is 2.76. The van der Waals surface area contributed by atoms with Crippen molar-refractivity contribution in [1.82, 2.24) is 20.2 Å². The van der Waals surface area contributed by atoms with Crippen LogP contribution < -0.4 is 10.6 Å². The summed E-state index contributed by atoms with van der Waals surface area (Å²) in [6, 6.07) is 15.2. The number of nitrogens with one attached hydrogen (secondary N) is 2. The molecule has 3 rings (SSSR count). The van der Waals surface area contributed by atoms with Crippen molar-refractivity contribution in [1.29, 1.82) is 0 Å². The van der Waals surface area contributed by atoms with E-state index in [4.69, 9.17) is 0 Å². The molecule has 0 fully saturated rings. The van der Waals surface area contributed by atoms with E-state index in [1.807, 2.05) is 29.2 Å². The van der Waals surface area contributed by atoms with E-state index in [0.717, 1.165) is 42.7 Å². The van der Waals surface area contributed by atoms with Crippen molar-refractivity contribution in [2.24, 2.45) is 4.99 Å². The maximum atomic E-state index is 12.9. The first-order valence-electron chi connectivity index (χ1n) is 9.59. The van der Waals surface area contributed by atoms with E-state index in [0.29, 0.717) is 0 Å².